The Bertz CT molecular complexity index is 642. The summed E-state index contributed by atoms with van der Waals surface area (Å²) in [6.07, 6.45) is -0.582. The van der Waals surface area contributed by atoms with Gasteiger partial charge in [0.15, 0.2) is 6.61 Å². The van der Waals surface area contributed by atoms with Gasteiger partial charge in [0.2, 0.25) is 5.82 Å². The molecule has 0 saturated carbocycles. The Morgan fingerprint density at radius 3 is 2.64 bits per heavy atom. The smallest absolute Gasteiger partial charge is 0.344 e. The second-order valence-electron chi connectivity index (χ2n) is 7.33. The normalized spacial score (nSPS) is 15.8. The summed E-state index contributed by atoms with van der Waals surface area (Å²) in [7, 11) is 0. The van der Waals surface area contributed by atoms with E-state index < -0.39 is 24.6 Å². The molecule has 1 fully saturated rings. The highest BCUT2D eigenvalue weighted by molar-refractivity contribution is 6.99. The fraction of sp³-hybridized carbons (Fsp3) is 0.765. The van der Waals surface area contributed by atoms with Gasteiger partial charge in [-0.2, -0.15) is 4.37 Å². The third kappa shape index (κ3) is 7.95. The fourth-order valence-electron chi connectivity index (χ4n) is 2.34. The molecule has 1 aromatic heterocycles. The van der Waals surface area contributed by atoms with Crippen LogP contribution in [0.5, 0.6) is 5.88 Å². The van der Waals surface area contributed by atoms with E-state index in [1.165, 1.54) is 6.92 Å². The monoisotopic (exact) mass is 416 g/mol. The first-order chi connectivity index (χ1) is 13.2. The summed E-state index contributed by atoms with van der Waals surface area (Å²) in [5, 5.41) is 3.27. The SMILES string of the molecule is CC(=O)OCC(=O)O[C@@H](CNC(C)(C)C)COc1nsnc1N1CCOCC1. The number of carbonyl (C=O) groups excluding carboxylic acids is 2. The number of esters is 2. The highest BCUT2D eigenvalue weighted by Gasteiger charge is 2.23. The molecule has 0 unspecified atom stereocenters. The molecule has 2 rings (SSSR count). The molecule has 1 N–H and O–H groups in total. The minimum absolute atomic E-state index is 0.0949. The van der Waals surface area contributed by atoms with E-state index in [1.54, 1.807) is 0 Å². The van der Waals surface area contributed by atoms with Crippen LogP contribution in [-0.4, -0.2) is 78.4 Å². The van der Waals surface area contributed by atoms with Crippen LogP contribution in [-0.2, 0) is 23.8 Å². The van der Waals surface area contributed by atoms with Crippen LogP contribution in [0, 0.1) is 0 Å². The third-order valence-corrected chi connectivity index (χ3v) is 4.21. The minimum atomic E-state index is -0.635. The molecule has 0 aromatic carbocycles. The van der Waals surface area contributed by atoms with Gasteiger partial charge in [-0.15, -0.1) is 4.37 Å². The predicted molar refractivity (Wildman–Crippen MR) is 103 cm³/mol. The lowest BCUT2D eigenvalue weighted by Gasteiger charge is -2.27. The topological polar surface area (TPSA) is 112 Å². The van der Waals surface area contributed by atoms with E-state index in [2.05, 4.69) is 23.7 Å². The van der Waals surface area contributed by atoms with Gasteiger partial charge in [-0.1, -0.05) is 0 Å². The van der Waals surface area contributed by atoms with Gasteiger partial charge in [-0.25, -0.2) is 4.79 Å². The van der Waals surface area contributed by atoms with Gasteiger partial charge in [0.25, 0.3) is 5.88 Å². The Morgan fingerprint density at radius 2 is 2.00 bits per heavy atom. The Balaban J connectivity index is 1.94. The van der Waals surface area contributed by atoms with E-state index in [4.69, 9.17) is 14.2 Å². The van der Waals surface area contributed by atoms with Crippen molar-refractivity contribution in [2.24, 2.45) is 0 Å². The van der Waals surface area contributed by atoms with E-state index >= 15 is 0 Å². The van der Waals surface area contributed by atoms with Gasteiger partial charge in [0, 0.05) is 32.1 Å². The molecule has 2 heterocycles. The van der Waals surface area contributed by atoms with Crippen molar-refractivity contribution in [1.29, 1.82) is 0 Å². The van der Waals surface area contributed by atoms with Crippen molar-refractivity contribution >= 4 is 29.5 Å². The van der Waals surface area contributed by atoms with E-state index in [-0.39, 0.29) is 12.1 Å². The molecule has 1 aliphatic heterocycles. The van der Waals surface area contributed by atoms with Crippen molar-refractivity contribution in [3.63, 3.8) is 0 Å². The molecular formula is C17H28N4O6S. The zero-order valence-corrected chi connectivity index (χ0v) is 17.5. The van der Waals surface area contributed by atoms with Gasteiger partial charge in [-0.05, 0) is 20.8 Å². The molecule has 0 bridgehead atoms. The Hall–Kier alpha value is -1.98. The largest absolute Gasteiger partial charge is 0.470 e. The van der Waals surface area contributed by atoms with E-state index in [1.807, 2.05) is 20.8 Å². The molecule has 11 heteroatoms. The number of aromatic nitrogens is 2. The zero-order valence-electron chi connectivity index (χ0n) is 16.7. The number of rotatable bonds is 9. The number of carbonyl (C=O) groups is 2. The summed E-state index contributed by atoms with van der Waals surface area (Å²) in [5.41, 5.74) is -0.165. The highest BCUT2D eigenvalue weighted by Crippen LogP contribution is 2.26. The number of anilines is 1. The van der Waals surface area contributed by atoms with Gasteiger partial charge >= 0.3 is 11.9 Å². The van der Waals surface area contributed by atoms with Crippen molar-refractivity contribution < 1.29 is 28.5 Å². The summed E-state index contributed by atoms with van der Waals surface area (Å²) < 4.78 is 29.8. The molecule has 0 aliphatic carbocycles. The predicted octanol–water partition coefficient (Wildman–Crippen LogP) is 0.617. The first kappa shape index (κ1) is 22.3. The van der Waals surface area contributed by atoms with Gasteiger partial charge in [0.05, 0.1) is 24.9 Å². The van der Waals surface area contributed by atoms with Gasteiger partial charge in [0.1, 0.15) is 12.7 Å². The van der Waals surface area contributed by atoms with Crippen LogP contribution in [0.25, 0.3) is 0 Å². The standard InChI is InChI=1S/C17H28N4O6S/c1-12(22)25-11-14(23)27-13(9-18-17(2,3)4)10-26-16-15(19-28-20-16)21-5-7-24-8-6-21/h13,18H,5-11H2,1-4H3/t13-/m0/s1. The maximum absolute atomic E-state index is 11.9. The number of hydrogen-bond donors (Lipinski definition) is 1. The van der Waals surface area contributed by atoms with E-state index in [0.717, 1.165) is 11.7 Å². The molecule has 1 aromatic rings. The summed E-state index contributed by atoms with van der Waals surface area (Å²) >= 11 is 1.07. The van der Waals surface area contributed by atoms with Gasteiger partial charge < -0.3 is 29.2 Å². The second-order valence-corrected chi connectivity index (χ2v) is 7.85. The Kier molecular flexibility index (Phi) is 8.39. The van der Waals surface area contributed by atoms with E-state index in [9.17, 15) is 9.59 Å². The zero-order chi connectivity index (χ0) is 20.6. The summed E-state index contributed by atoms with van der Waals surface area (Å²) in [5.74, 6) is -0.101. The first-order valence-electron chi connectivity index (χ1n) is 9.10. The molecule has 28 heavy (non-hydrogen) atoms. The summed E-state index contributed by atoms with van der Waals surface area (Å²) in [6, 6.07) is 0. The number of hydrogen-bond acceptors (Lipinski definition) is 11. The van der Waals surface area contributed by atoms with Crippen molar-refractivity contribution in [3.05, 3.63) is 0 Å². The number of morpholine rings is 1. The lowest BCUT2D eigenvalue weighted by molar-refractivity contribution is -0.162. The number of ether oxygens (including phenoxy) is 4. The van der Waals surface area contributed by atoms with Crippen molar-refractivity contribution in [2.75, 3.05) is 51.0 Å². The van der Waals surface area contributed by atoms with Gasteiger partial charge in [-0.3, -0.25) is 4.79 Å². The van der Waals surface area contributed by atoms with Crippen LogP contribution in [0.1, 0.15) is 27.7 Å². The van der Waals surface area contributed by atoms with Crippen LogP contribution >= 0.6 is 11.7 Å². The van der Waals surface area contributed by atoms with Crippen LogP contribution in [0.15, 0.2) is 0 Å². The quantitative estimate of drug-likeness (QED) is 0.575. The van der Waals surface area contributed by atoms with Crippen LogP contribution < -0.4 is 15.0 Å². The molecule has 0 amide bonds. The van der Waals surface area contributed by atoms with Crippen molar-refractivity contribution in [2.45, 2.75) is 39.3 Å². The molecule has 1 saturated heterocycles. The Labute approximate surface area is 168 Å². The second kappa shape index (κ2) is 10.5. The molecule has 10 nitrogen and oxygen atoms in total. The molecule has 1 aliphatic rings. The maximum Gasteiger partial charge on any atom is 0.344 e. The number of nitrogens with zero attached hydrogens (tertiary/aromatic N) is 3. The van der Waals surface area contributed by atoms with Crippen LogP contribution in [0.4, 0.5) is 5.82 Å². The summed E-state index contributed by atoms with van der Waals surface area (Å²) in [4.78, 5) is 24.8. The minimum Gasteiger partial charge on any atom is -0.470 e. The van der Waals surface area contributed by atoms with E-state index in [0.29, 0.717) is 44.5 Å². The Morgan fingerprint density at radius 1 is 1.29 bits per heavy atom. The molecule has 158 valence electrons. The first-order valence-corrected chi connectivity index (χ1v) is 9.83. The summed E-state index contributed by atoms with van der Waals surface area (Å²) in [6.45, 7) is 9.98. The average molecular weight is 417 g/mol. The molecule has 0 spiro atoms. The van der Waals surface area contributed by atoms with Crippen molar-refractivity contribution in [1.82, 2.24) is 14.1 Å². The molecule has 1 atom stereocenters. The molecular weight excluding hydrogens is 388 g/mol. The number of nitrogens with one attached hydrogen (secondary N) is 1. The third-order valence-electron chi connectivity index (χ3n) is 3.71. The molecule has 0 radical (unpaired) electrons. The van der Waals surface area contributed by atoms with Crippen molar-refractivity contribution in [3.8, 4) is 5.88 Å². The lowest BCUT2D eigenvalue weighted by atomic mass is 10.1. The van der Waals surface area contributed by atoms with Crippen LogP contribution in [0.2, 0.25) is 0 Å². The lowest BCUT2D eigenvalue weighted by Crippen LogP contribution is -2.44. The van der Waals surface area contributed by atoms with Crippen LogP contribution in [0.3, 0.4) is 0 Å². The highest BCUT2D eigenvalue weighted by atomic mass is 32.1. The average Bonchev–Trinajstić information content (AvgIpc) is 3.11. The fourth-order valence-corrected chi connectivity index (χ4v) is 2.86. The maximum atomic E-state index is 11.9.